The zero-order valence-electron chi connectivity index (χ0n) is 9.27. The molecule has 16 heavy (non-hydrogen) atoms. The Morgan fingerprint density at radius 3 is 3.00 bits per heavy atom. The molecule has 0 unspecified atom stereocenters. The van der Waals surface area contributed by atoms with E-state index in [-0.39, 0.29) is 0 Å². The minimum Gasteiger partial charge on any atom is -0.419 e. The monoisotopic (exact) mass is 222 g/mol. The highest BCUT2D eigenvalue weighted by Gasteiger charge is 2.10. The van der Waals surface area contributed by atoms with Crippen molar-refractivity contribution in [2.24, 2.45) is 0 Å². The van der Waals surface area contributed by atoms with Gasteiger partial charge in [0.05, 0.1) is 6.20 Å². The molecule has 0 bridgehead atoms. The lowest BCUT2D eigenvalue weighted by molar-refractivity contribution is 0.483. The van der Waals surface area contributed by atoms with Crippen LogP contribution in [-0.2, 0) is 6.42 Å². The number of aromatic nitrogens is 5. The van der Waals surface area contributed by atoms with Gasteiger partial charge in [-0.1, -0.05) is 13.8 Å². The minimum absolute atomic E-state index is 0.397. The second-order valence-corrected chi connectivity index (χ2v) is 3.72. The van der Waals surface area contributed by atoms with Crippen molar-refractivity contribution in [3.8, 4) is 11.6 Å². The van der Waals surface area contributed by atoms with Gasteiger partial charge in [0, 0.05) is 19.0 Å². The fourth-order valence-corrected chi connectivity index (χ4v) is 1.23. The average molecular weight is 222 g/mol. The molecular formula is C9H14N6O. The van der Waals surface area contributed by atoms with Crippen molar-refractivity contribution < 1.29 is 4.42 Å². The Balaban J connectivity index is 1.93. The lowest BCUT2D eigenvalue weighted by Gasteiger charge is -2.04. The lowest BCUT2D eigenvalue weighted by atomic mass is 10.3. The van der Waals surface area contributed by atoms with E-state index >= 15 is 0 Å². The fourth-order valence-electron chi connectivity index (χ4n) is 1.23. The van der Waals surface area contributed by atoms with Gasteiger partial charge in [0.15, 0.2) is 5.69 Å². The number of hydrogen-bond donors (Lipinski definition) is 2. The molecule has 0 fully saturated rings. The van der Waals surface area contributed by atoms with Crippen LogP contribution in [0.4, 0.5) is 0 Å². The average Bonchev–Trinajstić information content (AvgIpc) is 2.85. The van der Waals surface area contributed by atoms with E-state index in [2.05, 4.69) is 44.8 Å². The number of aromatic amines is 1. The standard InChI is InChI=1S/C9H14N6O/c1-6(2)10-4-3-8-13-14-9(16-8)7-5-11-15-12-7/h5-6,10H,3-4H2,1-2H3,(H,11,12,15). The van der Waals surface area contributed by atoms with Crippen molar-refractivity contribution >= 4 is 0 Å². The van der Waals surface area contributed by atoms with Crippen LogP contribution in [0.1, 0.15) is 19.7 Å². The molecule has 0 saturated heterocycles. The molecule has 7 heteroatoms. The molecule has 0 amide bonds. The molecular weight excluding hydrogens is 208 g/mol. The summed E-state index contributed by atoms with van der Waals surface area (Å²) in [5.74, 6) is 0.999. The molecule has 0 aliphatic rings. The summed E-state index contributed by atoms with van der Waals surface area (Å²) in [6.45, 7) is 5.00. The van der Waals surface area contributed by atoms with Gasteiger partial charge in [0.1, 0.15) is 0 Å². The van der Waals surface area contributed by atoms with E-state index in [1.54, 1.807) is 6.20 Å². The van der Waals surface area contributed by atoms with Crippen LogP contribution in [0.2, 0.25) is 0 Å². The summed E-state index contributed by atoms with van der Waals surface area (Å²) in [5.41, 5.74) is 0.565. The van der Waals surface area contributed by atoms with E-state index in [0.717, 1.165) is 6.54 Å². The molecule has 0 saturated carbocycles. The number of nitrogens with one attached hydrogen (secondary N) is 2. The molecule has 0 atom stereocenters. The summed E-state index contributed by atoms with van der Waals surface area (Å²) in [6, 6.07) is 0.456. The smallest absolute Gasteiger partial charge is 0.269 e. The van der Waals surface area contributed by atoms with Crippen molar-refractivity contribution in [1.29, 1.82) is 0 Å². The molecule has 2 heterocycles. The topological polar surface area (TPSA) is 92.5 Å². The first-order valence-corrected chi connectivity index (χ1v) is 5.17. The summed E-state index contributed by atoms with van der Waals surface area (Å²) in [7, 11) is 0. The number of H-pyrrole nitrogens is 1. The zero-order valence-corrected chi connectivity index (χ0v) is 9.27. The third-order valence-corrected chi connectivity index (χ3v) is 1.99. The third-order valence-electron chi connectivity index (χ3n) is 1.99. The van der Waals surface area contributed by atoms with Gasteiger partial charge in [-0.15, -0.1) is 10.2 Å². The molecule has 0 spiro atoms. The van der Waals surface area contributed by atoms with Gasteiger partial charge in [0.2, 0.25) is 5.89 Å². The second-order valence-electron chi connectivity index (χ2n) is 3.72. The fraction of sp³-hybridized carbons (Fsp3) is 0.556. The van der Waals surface area contributed by atoms with Crippen LogP contribution in [0.5, 0.6) is 0 Å². The number of rotatable bonds is 5. The van der Waals surface area contributed by atoms with Crippen LogP contribution in [0.25, 0.3) is 11.6 Å². The van der Waals surface area contributed by atoms with Crippen LogP contribution in [0.15, 0.2) is 10.6 Å². The normalized spacial score (nSPS) is 11.2. The maximum absolute atomic E-state index is 5.43. The highest BCUT2D eigenvalue weighted by atomic mass is 16.4. The van der Waals surface area contributed by atoms with Crippen molar-refractivity contribution in [2.45, 2.75) is 26.3 Å². The molecule has 2 aromatic rings. The van der Waals surface area contributed by atoms with Crippen LogP contribution < -0.4 is 5.32 Å². The highest BCUT2D eigenvalue weighted by Crippen LogP contribution is 2.12. The predicted octanol–water partition coefficient (Wildman–Crippen LogP) is 0.395. The molecule has 2 aromatic heterocycles. The first-order chi connectivity index (χ1) is 7.75. The largest absolute Gasteiger partial charge is 0.419 e. The Morgan fingerprint density at radius 1 is 1.44 bits per heavy atom. The van der Waals surface area contributed by atoms with Crippen molar-refractivity contribution in [3.05, 3.63) is 12.1 Å². The van der Waals surface area contributed by atoms with Gasteiger partial charge in [-0.3, -0.25) is 0 Å². The van der Waals surface area contributed by atoms with Crippen molar-refractivity contribution in [2.75, 3.05) is 6.54 Å². The first kappa shape index (κ1) is 10.7. The third kappa shape index (κ3) is 2.63. The van der Waals surface area contributed by atoms with Gasteiger partial charge in [-0.25, -0.2) is 0 Å². The molecule has 0 aliphatic carbocycles. The summed E-state index contributed by atoms with van der Waals surface area (Å²) >= 11 is 0. The Kier molecular flexibility index (Phi) is 3.25. The Bertz CT molecular complexity index is 421. The van der Waals surface area contributed by atoms with Gasteiger partial charge in [-0.2, -0.15) is 15.4 Å². The molecule has 2 rings (SSSR count). The summed E-state index contributed by atoms with van der Waals surface area (Å²) in [6.07, 6.45) is 2.26. The van der Waals surface area contributed by atoms with Gasteiger partial charge < -0.3 is 9.73 Å². The van der Waals surface area contributed by atoms with E-state index in [4.69, 9.17) is 4.42 Å². The molecule has 2 N–H and O–H groups in total. The molecule has 7 nitrogen and oxygen atoms in total. The first-order valence-electron chi connectivity index (χ1n) is 5.17. The molecule has 0 radical (unpaired) electrons. The van der Waals surface area contributed by atoms with Crippen molar-refractivity contribution in [3.63, 3.8) is 0 Å². The maximum atomic E-state index is 5.43. The molecule has 0 aromatic carbocycles. The van der Waals surface area contributed by atoms with Crippen LogP contribution >= 0.6 is 0 Å². The van der Waals surface area contributed by atoms with Gasteiger partial charge >= 0.3 is 0 Å². The van der Waals surface area contributed by atoms with E-state index in [9.17, 15) is 0 Å². The number of nitrogens with zero attached hydrogens (tertiary/aromatic N) is 4. The van der Waals surface area contributed by atoms with Gasteiger partial charge in [0.25, 0.3) is 5.89 Å². The Hall–Kier alpha value is -1.76. The maximum Gasteiger partial charge on any atom is 0.269 e. The quantitative estimate of drug-likeness (QED) is 0.760. The summed E-state index contributed by atoms with van der Waals surface area (Å²) in [4.78, 5) is 0. The summed E-state index contributed by atoms with van der Waals surface area (Å²) < 4.78 is 5.43. The summed E-state index contributed by atoms with van der Waals surface area (Å²) in [5, 5.41) is 21.1. The Labute approximate surface area is 92.7 Å². The predicted molar refractivity (Wildman–Crippen MR) is 56.5 cm³/mol. The van der Waals surface area contributed by atoms with E-state index in [1.165, 1.54) is 0 Å². The highest BCUT2D eigenvalue weighted by molar-refractivity contribution is 5.42. The van der Waals surface area contributed by atoms with Crippen LogP contribution in [0.3, 0.4) is 0 Å². The van der Waals surface area contributed by atoms with E-state index < -0.39 is 0 Å². The van der Waals surface area contributed by atoms with E-state index in [0.29, 0.717) is 29.9 Å². The van der Waals surface area contributed by atoms with Crippen LogP contribution in [-0.4, -0.2) is 38.2 Å². The minimum atomic E-state index is 0.397. The Morgan fingerprint density at radius 2 is 2.31 bits per heavy atom. The lowest BCUT2D eigenvalue weighted by Crippen LogP contribution is -2.25. The van der Waals surface area contributed by atoms with E-state index in [1.807, 2.05) is 0 Å². The SMILES string of the molecule is CC(C)NCCc1nnc(-c2cn[nH]n2)o1. The second kappa shape index (κ2) is 4.84. The van der Waals surface area contributed by atoms with Crippen molar-refractivity contribution in [1.82, 2.24) is 30.9 Å². The van der Waals surface area contributed by atoms with Gasteiger partial charge in [-0.05, 0) is 0 Å². The molecule has 86 valence electrons. The molecule has 0 aliphatic heterocycles. The van der Waals surface area contributed by atoms with Crippen LogP contribution in [0, 0.1) is 0 Å². The zero-order chi connectivity index (χ0) is 11.4. The number of hydrogen-bond acceptors (Lipinski definition) is 6.